The van der Waals surface area contributed by atoms with Crippen molar-refractivity contribution in [1.29, 1.82) is 0 Å². The highest BCUT2D eigenvalue weighted by Crippen LogP contribution is 2.27. The van der Waals surface area contributed by atoms with E-state index < -0.39 is 0 Å². The highest BCUT2D eigenvalue weighted by atomic mass is 32.2. The number of thiophene rings is 1. The van der Waals surface area contributed by atoms with Crippen molar-refractivity contribution in [3.63, 3.8) is 0 Å². The minimum Gasteiger partial charge on any atom is -0.353 e. The van der Waals surface area contributed by atoms with Crippen LogP contribution in [0.5, 0.6) is 0 Å². The molecule has 4 rings (SSSR count). The number of hydrogen-bond donors (Lipinski definition) is 1. The third-order valence-electron chi connectivity index (χ3n) is 5.31. The monoisotopic (exact) mass is 441 g/mol. The first-order chi connectivity index (χ1) is 14.7. The van der Waals surface area contributed by atoms with E-state index in [-0.39, 0.29) is 11.9 Å². The highest BCUT2D eigenvalue weighted by Gasteiger charge is 2.21. The van der Waals surface area contributed by atoms with Crippen molar-refractivity contribution in [3.8, 4) is 10.7 Å². The van der Waals surface area contributed by atoms with E-state index in [2.05, 4.69) is 62.2 Å². The molecule has 30 heavy (non-hydrogen) atoms. The third kappa shape index (κ3) is 5.30. The molecule has 1 amide bonds. The molecular formula is C22H27N5OS2. The molecule has 6 nitrogen and oxygen atoms in total. The predicted molar refractivity (Wildman–Crippen MR) is 123 cm³/mol. The summed E-state index contributed by atoms with van der Waals surface area (Å²) in [5.74, 6) is 1.32. The number of benzene rings is 1. The van der Waals surface area contributed by atoms with Crippen LogP contribution in [0.2, 0.25) is 0 Å². The van der Waals surface area contributed by atoms with Gasteiger partial charge in [0.1, 0.15) is 0 Å². The van der Waals surface area contributed by atoms with Gasteiger partial charge in [0.2, 0.25) is 5.91 Å². The van der Waals surface area contributed by atoms with Crippen LogP contribution in [0.1, 0.15) is 25.3 Å². The summed E-state index contributed by atoms with van der Waals surface area (Å²) >= 11 is 3.11. The summed E-state index contributed by atoms with van der Waals surface area (Å²) in [5.41, 5.74) is 1.35. The Labute approximate surface area is 185 Å². The summed E-state index contributed by atoms with van der Waals surface area (Å²) in [4.78, 5) is 16.1. The summed E-state index contributed by atoms with van der Waals surface area (Å²) in [6.45, 7) is 5.87. The van der Waals surface area contributed by atoms with Gasteiger partial charge in [-0.3, -0.25) is 9.69 Å². The lowest BCUT2D eigenvalue weighted by Crippen LogP contribution is -2.44. The van der Waals surface area contributed by atoms with Crippen LogP contribution in [0.4, 0.5) is 0 Å². The zero-order valence-electron chi connectivity index (χ0n) is 17.2. The molecule has 3 heterocycles. The van der Waals surface area contributed by atoms with Crippen molar-refractivity contribution in [3.05, 3.63) is 53.4 Å². The van der Waals surface area contributed by atoms with E-state index in [4.69, 9.17) is 0 Å². The van der Waals surface area contributed by atoms with E-state index >= 15 is 0 Å². The molecule has 0 radical (unpaired) electrons. The molecule has 1 saturated heterocycles. The van der Waals surface area contributed by atoms with Gasteiger partial charge in [0.25, 0.3) is 0 Å². The van der Waals surface area contributed by atoms with E-state index in [1.807, 2.05) is 17.5 Å². The van der Waals surface area contributed by atoms with Gasteiger partial charge in [-0.05, 0) is 36.8 Å². The maximum atomic E-state index is 12.5. The molecule has 0 bridgehead atoms. The molecule has 0 aliphatic carbocycles. The van der Waals surface area contributed by atoms with Gasteiger partial charge in [0.05, 0.1) is 10.6 Å². The van der Waals surface area contributed by atoms with Gasteiger partial charge in [0, 0.05) is 32.2 Å². The zero-order valence-corrected chi connectivity index (χ0v) is 18.8. The molecule has 1 N–H and O–H groups in total. The molecule has 1 aliphatic rings. The molecule has 0 atom stereocenters. The number of rotatable bonds is 8. The summed E-state index contributed by atoms with van der Waals surface area (Å²) in [6, 6.07) is 14.9. The average Bonchev–Trinajstić information content (AvgIpc) is 3.44. The first kappa shape index (κ1) is 21.1. The molecule has 1 aromatic carbocycles. The fourth-order valence-corrected chi connectivity index (χ4v) is 5.28. The summed E-state index contributed by atoms with van der Waals surface area (Å²) in [5, 5.41) is 14.7. The number of carbonyl (C=O) groups excluding carboxylic acids is 1. The van der Waals surface area contributed by atoms with Crippen molar-refractivity contribution < 1.29 is 4.79 Å². The van der Waals surface area contributed by atoms with Crippen LogP contribution < -0.4 is 5.32 Å². The largest absolute Gasteiger partial charge is 0.353 e. The van der Waals surface area contributed by atoms with Gasteiger partial charge in [-0.2, -0.15) is 0 Å². The van der Waals surface area contributed by atoms with Gasteiger partial charge in [-0.15, -0.1) is 21.5 Å². The van der Waals surface area contributed by atoms with Crippen LogP contribution in [0, 0.1) is 0 Å². The van der Waals surface area contributed by atoms with Gasteiger partial charge >= 0.3 is 0 Å². The standard InChI is InChI=1S/C22H27N5OS2/c1-2-27-21(19-9-6-14-29-19)24-25-22(27)30-16-20(28)23-18-10-12-26(13-11-18)15-17-7-4-3-5-8-17/h3-9,14,18H,2,10-13,15-16H2,1H3,(H,23,28). The number of piperidine rings is 1. The second-order valence-corrected chi connectivity index (χ2v) is 9.31. The van der Waals surface area contributed by atoms with Crippen LogP contribution >= 0.6 is 23.1 Å². The normalized spacial score (nSPS) is 15.4. The lowest BCUT2D eigenvalue weighted by atomic mass is 10.0. The fourth-order valence-electron chi connectivity index (χ4n) is 3.75. The predicted octanol–water partition coefficient (Wildman–Crippen LogP) is 3.90. The molecule has 2 aromatic heterocycles. The van der Waals surface area contributed by atoms with Gasteiger partial charge in [0.15, 0.2) is 11.0 Å². The number of nitrogens with one attached hydrogen (secondary N) is 1. The van der Waals surface area contributed by atoms with Crippen LogP contribution in [-0.4, -0.2) is 50.5 Å². The lowest BCUT2D eigenvalue weighted by Gasteiger charge is -2.32. The highest BCUT2D eigenvalue weighted by molar-refractivity contribution is 7.99. The summed E-state index contributed by atoms with van der Waals surface area (Å²) < 4.78 is 2.08. The third-order valence-corrected chi connectivity index (χ3v) is 7.14. The van der Waals surface area contributed by atoms with Crippen molar-refractivity contribution in [2.75, 3.05) is 18.8 Å². The topological polar surface area (TPSA) is 63.1 Å². The van der Waals surface area contributed by atoms with Crippen LogP contribution in [0.15, 0.2) is 53.0 Å². The van der Waals surface area contributed by atoms with Crippen LogP contribution in [-0.2, 0) is 17.9 Å². The Morgan fingerprint density at radius 2 is 1.97 bits per heavy atom. The number of nitrogens with zero attached hydrogens (tertiary/aromatic N) is 4. The van der Waals surface area contributed by atoms with Crippen molar-refractivity contribution in [2.24, 2.45) is 0 Å². The molecule has 0 unspecified atom stereocenters. The maximum Gasteiger partial charge on any atom is 0.230 e. The van der Waals surface area contributed by atoms with Crippen molar-refractivity contribution in [2.45, 2.75) is 44.1 Å². The van der Waals surface area contributed by atoms with Gasteiger partial charge < -0.3 is 9.88 Å². The van der Waals surface area contributed by atoms with Gasteiger partial charge in [-0.25, -0.2) is 0 Å². The quantitative estimate of drug-likeness (QED) is 0.537. The minimum absolute atomic E-state index is 0.0739. The first-order valence-electron chi connectivity index (χ1n) is 10.4. The number of aromatic nitrogens is 3. The van der Waals surface area contributed by atoms with Crippen molar-refractivity contribution in [1.82, 2.24) is 25.0 Å². The van der Waals surface area contributed by atoms with E-state index in [1.165, 1.54) is 17.3 Å². The number of thioether (sulfide) groups is 1. The molecule has 3 aromatic rings. The SMILES string of the molecule is CCn1c(SCC(=O)NC2CCN(Cc3ccccc3)CC2)nnc1-c1cccs1. The molecule has 158 valence electrons. The Kier molecular flexibility index (Phi) is 7.20. The smallest absolute Gasteiger partial charge is 0.230 e. The van der Waals surface area contributed by atoms with E-state index in [0.717, 1.165) is 54.9 Å². The van der Waals surface area contributed by atoms with E-state index in [0.29, 0.717) is 5.75 Å². The second-order valence-electron chi connectivity index (χ2n) is 7.42. The molecular weight excluding hydrogens is 414 g/mol. The van der Waals surface area contributed by atoms with Crippen molar-refractivity contribution >= 4 is 29.0 Å². The molecule has 0 spiro atoms. The fraction of sp³-hybridized carbons (Fsp3) is 0.409. The Hall–Kier alpha value is -2.16. The maximum absolute atomic E-state index is 12.5. The van der Waals surface area contributed by atoms with E-state index in [9.17, 15) is 4.79 Å². The minimum atomic E-state index is 0.0739. The lowest BCUT2D eigenvalue weighted by molar-refractivity contribution is -0.119. The Balaban J connectivity index is 1.23. The first-order valence-corrected chi connectivity index (χ1v) is 12.2. The molecule has 1 aliphatic heterocycles. The Bertz CT molecular complexity index is 934. The number of amides is 1. The molecule has 8 heteroatoms. The van der Waals surface area contributed by atoms with Gasteiger partial charge in [-0.1, -0.05) is 48.2 Å². The van der Waals surface area contributed by atoms with Crippen LogP contribution in [0.3, 0.4) is 0 Å². The van der Waals surface area contributed by atoms with Crippen LogP contribution in [0.25, 0.3) is 10.7 Å². The Morgan fingerprint density at radius 1 is 1.17 bits per heavy atom. The number of carbonyl (C=O) groups is 1. The molecule has 1 fully saturated rings. The Morgan fingerprint density at radius 3 is 2.67 bits per heavy atom. The number of hydrogen-bond acceptors (Lipinski definition) is 6. The second kappa shape index (κ2) is 10.2. The number of likely N-dealkylation sites (tertiary alicyclic amines) is 1. The summed E-state index contributed by atoms with van der Waals surface area (Å²) in [6.07, 6.45) is 1.99. The average molecular weight is 442 g/mol. The summed E-state index contributed by atoms with van der Waals surface area (Å²) in [7, 11) is 0. The molecule has 0 saturated carbocycles. The van der Waals surface area contributed by atoms with E-state index in [1.54, 1.807) is 11.3 Å². The zero-order chi connectivity index (χ0) is 20.8.